The third-order valence-corrected chi connectivity index (χ3v) is 0. The quantitative estimate of drug-likeness (QED) is 0.305. The van der Waals surface area contributed by atoms with E-state index in [1.165, 1.54) is 0 Å². The fourth-order valence-electron chi connectivity index (χ4n) is 0. The molecule has 0 amide bonds. The minimum Gasteiger partial charge on any atom is -0.870 e. The third-order valence-electron chi connectivity index (χ3n) is 0. The van der Waals surface area contributed by atoms with Gasteiger partial charge in [0.1, 0.15) is 0 Å². The van der Waals surface area contributed by atoms with Gasteiger partial charge in [0.15, 0.2) is 0 Å². The Balaban J connectivity index is 0. The molecule has 3 N–H and O–H groups in total. The topological polar surface area (TPSA) is 90.0 Å². The fraction of sp³-hybridized carbons (Fsp3) is 0. The Labute approximate surface area is 52.7 Å². The molecule has 0 bridgehead atoms. The zero-order chi connectivity index (χ0) is 0. The summed E-state index contributed by atoms with van der Waals surface area (Å²) in [5, 5.41) is 0. The Bertz CT molecular complexity index is 6.85. The Kier molecular flexibility index (Phi) is 2420. The number of hydrogen-bond donors (Lipinski definition) is 0. The first-order chi connectivity index (χ1) is 0. The van der Waals surface area contributed by atoms with Gasteiger partial charge in [-0.25, -0.2) is 0 Å². The van der Waals surface area contributed by atoms with Crippen LogP contribution in [0.2, 0.25) is 0 Å². The zero-order valence-electron chi connectivity index (χ0n) is 2.70. The molecule has 0 saturated carbocycles. The van der Waals surface area contributed by atoms with Crippen LogP contribution in [0.4, 0.5) is 0 Å². The molecule has 30 valence electrons. The van der Waals surface area contributed by atoms with Crippen molar-refractivity contribution in [1.82, 2.24) is 0 Å². The summed E-state index contributed by atoms with van der Waals surface area (Å²) in [6.45, 7) is 0. The van der Waals surface area contributed by atoms with Gasteiger partial charge < -0.3 is 16.4 Å². The van der Waals surface area contributed by atoms with Gasteiger partial charge in [-0.2, -0.15) is 0 Å². The first-order valence-corrected chi connectivity index (χ1v) is 0. The van der Waals surface area contributed by atoms with Gasteiger partial charge in [0.2, 0.25) is 0 Å². The van der Waals surface area contributed by atoms with Crippen LogP contribution in [-0.2, 0) is 17.1 Å². The first-order valence-electron chi connectivity index (χ1n) is 0. The van der Waals surface area contributed by atoms with Crippen LogP contribution in [0.25, 0.3) is 0 Å². The Morgan fingerprint density at radius 3 is 0.600 bits per heavy atom. The summed E-state index contributed by atoms with van der Waals surface area (Å²) in [4.78, 5) is 0. The number of hydrogen-bond acceptors (Lipinski definition) is 3. The molecule has 0 fully saturated rings. The van der Waals surface area contributed by atoms with Crippen molar-refractivity contribution in [1.29, 1.82) is 0 Å². The van der Waals surface area contributed by atoms with Gasteiger partial charge in [0.25, 0.3) is 0 Å². The van der Waals surface area contributed by atoms with Gasteiger partial charge in [-0.15, -0.1) is 0 Å². The van der Waals surface area contributed by atoms with E-state index in [0.717, 1.165) is 0 Å². The molecule has 0 rings (SSSR count). The molecular formula is H3FeLiO3. The molecule has 0 aliphatic carbocycles. The number of rotatable bonds is 0. The normalized spacial score (nSPS) is 0. The summed E-state index contributed by atoms with van der Waals surface area (Å²) < 4.78 is 0. The van der Waals surface area contributed by atoms with Crippen molar-refractivity contribution >= 4 is 0 Å². The average molecular weight is 114 g/mol. The van der Waals surface area contributed by atoms with Crippen molar-refractivity contribution in [3.05, 3.63) is 0 Å². The molecule has 0 aromatic carbocycles. The third kappa shape index (κ3) is 45.2. The van der Waals surface area contributed by atoms with E-state index in [-0.39, 0.29) is 52.4 Å². The van der Waals surface area contributed by atoms with Crippen LogP contribution in [0, 0.1) is 0 Å². The minimum atomic E-state index is 0. The Hall–Kier alpha value is 0.997. The van der Waals surface area contributed by atoms with Gasteiger partial charge in [-0.3, -0.25) is 0 Å². The van der Waals surface area contributed by atoms with Gasteiger partial charge in [0.05, 0.1) is 0 Å². The molecule has 0 aromatic rings. The minimum absolute atomic E-state index is 0. The van der Waals surface area contributed by atoms with Gasteiger partial charge in [0, 0.05) is 0 Å². The van der Waals surface area contributed by atoms with E-state index in [1.54, 1.807) is 0 Å². The first kappa shape index (κ1) is 151. The SMILES string of the molecule is [Fe+2].[Li+].[OH-].[OH-].[OH-]. The van der Waals surface area contributed by atoms with Crippen LogP contribution in [0.3, 0.4) is 0 Å². The maximum atomic E-state index is 0. The van der Waals surface area contributed by atoms with Gasteiger partial charge in [-0.1, -0.05) is 0 Å². The van der Waals surface area contributed by atoms with Crippen molar-refractivity contribution in [3.8, 4) is 0 Å². The van der Waals surface area contributed by atoms with Gasteiger partial charge in [-0.05, 0) is 0 Å². The molecular weight excluding hydrogens is 111 g/mol. The van der Waals surface area contributed by atoms with E-state index in [9.17, 15) is 0 Å². The molecule has 0 saturated heterocycles. The van der Waals surface area contributed by atoms with Crippen LogP contribution in [0.1, 0.15) is 0 Å². The smallest absolute Gasteiger partial charge is 0.870 e. The van der Waals surface area contributed by atoms with Crippen LogP contribution < -0.4 is 18.9 Å². The molecule has 3 nitrogen and oxygen atoms in total. The van der Waals surface area contributed by atoms with Crippen LogP contribution in [-0.4, -0.2) is 16.4 Å². The summed E-state index contributed by atoms with van der Waals surface area (Å²) in [6, 6.07) is 0. The van der Waals surface area contributed by atoms with E-state index in [0.29, 0.717) is 0 Å². The molecule has 5 heavy (non-hydrogen) atoms. The summed E-state index contributed by atoms with van der Waals surface area (Å²) in [5.41, 5.74) is 0. The van der Waals surface area contributed by atoms with Crippen LogP contribution >= 0.6 is 0 Å². The average Bonchev–Trinajstić information content (AvgIpc) is 0. The summed E-state index contributed by atoms with van der Waals surface area (Å²) in [6.07, 6.45) is 0. The summed E-state index contributed by atoms with van der Waals surface area (Å²) in [5.74, 6) is 0. The van der Waals surface area contributed by atoms with Crippen molar-refractivity contribution in [2.45, 2.75) is 0 Å². The maximum absolute atomic E-state index is 0. The van der Waals surface area contributed by atoms with Crippen LogP contribution in [0.5, 0.6) is 0 Å². The standard InChI is InChI=1S/Fe.Li.3H2O/h;;3*1H2/q+2;+1;;;/p-3. The predicted octanol–water partition coefficient (Wildman–Crippen LogP) is -3.53. The van der Waals surface area contributed by atoms with Crippen molar-refractivity contribution < 1.29 is 52.4 Å². The molecule has 5 heteroatoms. The molecule has 0 aromatic heterocycles. The zero-order valence-corrected chi connectivity index (χ0v) is 3.80. The largest absolute Gasteiger partial charge is 2.00 e. The van der Waals surface area contributed by atoms with Crippen molar-refractivity contribution in [3.63, 3.8) is 0 Å². The second-order valence-electron chi connectivity index (χ2n) is 0. The summed E-state index contributed by atoms with van der Waals surface area (Å²) in [7, 11) is 0. The summed E-state index contributed by atoms with van der Waals surface area (Å²) >= 11 is 0. The van der Waals surface area contributed by atoms with E-state index in [1.807, 2.05) is 0 Å². The Morgan fingerprint density at radius 2 is 0.600 bits per heavy atom. The van der Waals surface area contributed by atoms with E-state index in [4.69, 9.17) is 0 Å². The van der Waals surface area contributed by atoms with Crippen molar-refractivity contribution in [2.24, 2.45) is 0 Å². The fourth-order valence-corrected chi connectivity index (χ4v) is 0. The van der Waals surface area contributed by atoms with Crippen LogP contribution in [0.15, 0.2) is 0 Å². The van der Waals surface area contributed by atoms with Gasteiger partial charge >= 0.3 is 35.9 Å². The molecule has 0 radical (unpaired) electrons. The monoisotopic (exact) mass is 114 g/mol. The molecule has 0 spiro atoms. The molecule has 0 aliphatic rings. The van der Waals surface area contributed by atoms with E-state index < -0.39 is 0 Å². The molecule has 0 heterocycles. The molecule has 0 unspecified atom stereocenters. The second-order valence-corrected chi connectivity index (χ2v) is 0. The second kappa shape index (κ2) is 80.3. The van der Waals surface area contributed by atoms with Crippen molar-refractivity contribution in [2.75, 3.05) is 0 Å². The molecule has 0 atom stereocenters. The Morgan fingerprint density at radius 1 is 0.600 bits per heavy atom. The maximum Gasteiger partial charge on any atom is 2.00 e. The van der Waals surface area contributed by atoms with E-state index in [2.05, 4.69) is 0 Å². The molecule has 0 aliphatic heterocycles. The predicted molar refractivity (Wildman–Crippen MR) is 5.81 cm³/mol. The van der Waals surface area contributed by atoms with E-state index >= 15 is 0 Å².